The summed E-state index contributed by atoms with van der Waals surface area (Å²) < 4.78 is 7.74. The van der Waals surface area contributed by atoms with Gasteiger partial charge < -0.3 is 4.74 Å². The fourth-order valence-corrected chi connectivity index (χ4v) is 3.90. The summed E-state index contributed by atoms with van der Waals surface area (Å²) in [6, 6.07) is 9.10. The second-order valence-corrected chi connectivity index (χ2v) is 7.79. The Morgan fingerprint density at radius 3 is 2.88 bits per heavy atom. The minimum absolute atomic E-state index is 0.00240. The number of thiazole rings is 1. The third-order valence-corrected chi connectivity index (χ3v) is 5.64. The van der Waals surface area contributed by atoms with Crippen LogP contribution in [0.4, 0.5) is 0 Å². The van der Waals surface area contributed by atoms with Gasteiger partial charge in [0.15, 0.2) is 4.96 Å². The van der Waals surface area contributed by atoms with Crippen molar-refractivity contribution in [3.05, 3.63) is 61.9 Å². The molecule has 0 fully saturated rings. The van der Waals surface area contributed by atoms with Crippen LogP contribution in [0.3, 0.4) is 0 Å². The Labute approximate surface area is 154 Å². The van der Waals surface area contributed by atoms with Crippen molar-refractivity contribution in [1.29, 1.82) is 0 Å². The zero-order chi connectivity index (χ0) is 17.1. The molecule has 0 amide bonds. The molecule has 0 aliphatic heterocycles. The molecule has 3 aromatic rings. The summed E-state index contributed by atoms with van der Waals surface area (Å²) in [5, 5.41) is 1.87. The van der Waals surface area contributed by atoms with Crippen LogP contribution < -0.4 is 5.56 Å². The zero-order valence-corrected chi connectivity index (χ0v) is 15.9. The highest BCUT2D eigenvalue weighted by Gasteiger charge is 2.09. The van der Waals surface area contributed by atoms with Crippen molar-refractivity contribution in [1.82, 2.24) is 9.38 Å². The SMILES string of the molecule is Cc1csc2nc(COC(=O)CSc3ccc(Br)cc3)cc(=O)n12. The first-order valence-corrected chi connectivity index (χ1v) is 9.69. The van der Waals surface area contributed by atoms with E-state index in [-0.39, 0.29) is 23.9 Å². The first-order valence-electron chi connectivity index (χ1n) is 7.04. The summed E-state index contributed by atoms with van der Waals surface area (Å²) in [5.41, 5.74) is 1.15. The number of rotatable bonds is 5. The largest absolute Gasteiger partial charge is 0.459 e. The lowest BCUT2D eigenvalue weighted by molar-refractivity contribution is -0.141. The van der Waals surface area contributed by atoms with E-state index >= 15 is 0 Å². The molecule has 0 radical (unpaired) electrons. The molecule has 124 valence electrons. The van der Waals surface area contributed by atoms with Gasteiger partial charge in [0.2, 0.25) is 0 Å². The van der Waals surface area contributed by atoms with Crippen LogP contribution in [0.25, 0.3) is 4.96 Å². The van der Waals surface area contributed by atoms with E-state index in [0.29, 0.717) is 10.7 Å². The lowest BCUT2D eigenvalue weighted by Gasteiger charge is -2.05. The summed E-state index contributed by atoms with van der Waals surface area (Å²) in [6.07, 6.45) is 0. The molecule has 0 saturated carbocycles. The number of benzene rings is 1. The van der Waals surface area contributed by atoms with Crippen molar-refractivity contribution in [2.24, 2.45) is 0 Å². The average Bonchev–Trinajstić information content (AvgIpc) is 2.94. The molecule has 0 atom stereocenters. The van der Waals surface area contributed by atoms with Crippen molar-refractivity contribution in [3.8, 4) is 0 Å². The first kappa shape index (κ1) is 17.2. The van der Waals surface area contributed by atoms with Crippen molar-refractivity contribution in [2.45, 2.75) is 18.4 Å². The van der Waals surface area contributed by atoms with E-state index in [9.17, 15) is 9.59 Å². The number of aryl methyl sites for hydroxylation is 1. The average molecular weight is 425 g/mol. The van der Waals surface area contributed by atoms with Crippen LogP contribution >= 0.6 is 39.0 Å². The Hall–Kier alpha value is -1.64. The van der Waals surface area contributed by atoms with Crippen LogP contribution in [0, 0.1) is 6.92 Å². The molecule has 2 aromatic heterocycles. The molecule has 3 rings (SSSR count). The quantitative estimate of drug-likeness (QED) is 0.461. The third kappa shape index (κ3) is 4.06. The van der Waals surface area contributed by atoms with Gasteiger partial charge in [0.05, 0.1) is 11.4 Å². The maximum absolute atomic E-state index is 12.0. The second-order valence-electron chi connectivity index (χ2n) is 4.98. The van der Waals surface area contributed by atoms with Gasteiger partial charge in [0.1, 0.15) is 6.61 Å². The van der Waals surface area contributed by atoms with Gasteiger partial charge in [-0.15, -0.1) is 23.1 Å². The molecule has 24 heavy (non-hydrogen) atoms. The fourth-order valence-electron chi connectivity index (χ4n) is 2.04. The number of hydrogen-bond acceptors (Lipinski definition) is 6. The van der Waals surface area contributed by atoms with Gasteiger partial charge in [-0.1, -0.05) is 15.9 Å². The molecule has 0 saturated heterocycles. The van der Waals surface area contributed by atoms with E-state index < -0.39 is 0 Å². The van der Waals surface area contributed by atoms with E-state index in [1.165, 1.54) is 29.2 Å². The van der Waals surface area contributed by atoms with E-state index in [1.54, 1.807) is 4.40 Å². The molecular weight excluding hydrogens is 412 g/mol. The molecule has 8 heteroatoms. The molecule has 0 bridgehead atoms. The number of carbonyl (C=O) groups is 1. The lowest BCUT2D eigenvalue weighted by atomic mass is 10.4. The normalized spacial score (nSPS) is 10.9. The smallest absolute Gasteiger partial charge is 0.316 e. The number of esters is 1. The molecule has 5 nitrogen and oxygen atoms in total. The van der Waals surface area contributed by atoms with Crippen LogP contribution in [0.15, 0.2) is 49.9 Å². The van der Waals surface area contributed by atoms with Crippen LogP contribution in [-0.2, 0) is 16.1 Å². The highest BCUT2D eigenvalue weighted by atomic mass is 79.9. The van der Waals surface area contributed by atoms with Crippen molar-refractivity contribution in [3.63, 3.8) is 0 Å². The molecule has 2 heterocycles. The lowest BCUT2D eigenvalue weighted by Crippen LogP contribution is -2.16. The monoisotopic (exact) mass is 424 g/mol. The number of fused-ring (bicyclic) bond motifs is 1. The van der Waals surface area contributed by atoms with Gasteiger partial charge in [0.25, 0.3) is 5.56 Å². The van der Waals surface area contributed by atoms with Gasteiger partial charge in [-0.3, -0.25) is 14.0 Å². The van der Waals surface area contributed by atoms with Crippen molar-refractivity contribution < 1.29 is 9.53 Å². The maximum atomic E-state index is 12.0. The summed E-state index contributed by atoms with van der Waals surface area (Å²) in [4.78, 5) is 29.8. The van der Waals surface area contributed by atoms with Crippen molar-refractivity contribution in [2.75, 3.05) is 5.75 Å². The summed E-state index contributed by atoms with van der Waals surface area (Å²) in [7, 11) is 0. The van der Waals surface area contributed by atoms with Gasteiger partial charge in [0, 0.05) is 26.5 Å². The topological polar surface area (TPSA) is 60.7 Å². The van der Waals surface area contributed by atoms with Crippen molar-refractivity contribution >= 4 is 50.0 Å². The highest BCUT2D eigenvalue weighted by molar-refractivity contribution is 9.10. The number of carbonyl (C=O) groups excluding carboxylic acids is 1. The van der Waals surface area contributed by atoms with Gasteiger partial charge in [-0.2, -0.15) is 0 Å². The molecular formula is C16H13BrN2O3S2. The predicted molar refractivity (Wildman–Crippen MR) is 98.7 cm³/mol. The van der Waals surface area contributed by atoms with Gasteiger partial charge in [-0.25, -0.2) is 4.98 Å². The van der Waals surface area contributed by atoms with Crippen LogP contribution in [0.1, 0.15) is 11.4 Å². The summed E-state index contributed by atoms with van der Waals surface area (Å²) in [6.45, 7) is 1.86. The third-order valence-electron chi connectivity index (χ3n) is 3.18. The Kier molecular flexibility index (Phi) is 5.37. The molecule has 0 N–H and O–H groups in total. The Morgan fingerprint density at radius 1 is 1.38 bits per heavy atom. The standard InChI is InChI=1S/C16H13BrN2O3S2/c1-10-8-24-16-18-12(6-14(20)19(10)16)7-22-15(21)9-23-13-4-2-11(17)3-5-13/h2-6,8H,7,9H2,1H3. The van der Waals surface area contributed by atoms with E-state index in [0.717, 1.165) is 15.1 Å². The number of aromatic nitrogens is 2. The van der Waals surface area contributed by atoms with E-state index in [2.05, 4.69) is 20.9 Å². The summed E-state index contributed by atoms with van der Waals surface area (Å²) >= 11 is 6.16. The molecule has 0 aliphatic carbocycles. The Balaban J connectivity index is 1.58. The molecule has 0 spiro atoms. The van der Waals surface area contributed by atoms with E-state index in [4.69, 9.17) is 4.74 Å². The fraction of sp³-hybridized carbons (Fsp3) is 0.188. The molecule has 0 unspecified atom stereocenters. The van der Waals surface area contributed by atoms with Gasteiger partial charge in [-0.05, 0) is 31.2 Å². The number of hydrogen-bond donors (Lipinski definition) is 0. The van der Waals surface area contributed by atoms with Gasteiger partial charge >= 0.3 is 5.97 Å². The first-order chi connectivity index (χ1) is 11.5. The second kappa shape index (κ2) is 7.50. The predicted octanol–water partition coefficient (Wildman–Crippen LogP) is 3.66. The van der Waals surface area contributed by atoms with Crippen LogP contribution in [-0.4, -0.2) is 21.1 Å². The van der Waals surface area contributed by atoms with E-state index in [1.807, 2.05) is 36.6 Å². The molecule has 1 aromatic carbocycles. The number of ether oxygens (including phenoxy) is 1. The summed E-state index contributed by atoms with van der Waals surface area (Å²) in [5.74, 6) is -0.131. The van der Waals surface area contributed by atoms with Crippen LogP contribution in [0.5, 0.6) is 0 Å². The minimum Gasteiger partial charge on any atom is -0.459 e. The Bertz CT molecular complexity index is 935. The highest BCUT2D eigenvalue weighted by Crippen LogP contribution is 2.20. The van der Waals surface area contributed by atoms with Crippen LogP contribution in [0.2, 0.25) is 0 Å². The number of halogens is 1. The number of nitrogens with zero attached hydrogens (tertiary/aromatic N) is 2. The Morgan fingerprint density at radius 2 is 2.12 bits per heavy atom. The minimum atomic E-state index is -0.340. The number of thioether (sulfide) groups is 1. The molecule has 0 aliphatic rings. The zero-order valence-electron chi connectivity index (χ0n) is 12.7. The maximum Gasteiger partial charge on any atom is 0.316 e.